The minimum Gasteiger partial charge on any atom is -0.481 e. The van der Waals surface area contributed by atoms with E-state index in [-0.39, 0.29) is 23.5 Å². The Morgan fingerprint density at radius 1 is 1.11 bits per heavy atom. The molecule has 1 saturated heterocycles. The zero-order valence-electron chi connectivity index (χ0n) is 14.7. The van der Waals surface area contributed by atoms with Crippen molar-refractivity contribution in [1.82, 2.24) is 4.90 Å². The Bertz CT molecular complexity index is 906. The Hall–Kier alpha value is -1.80. The van der Waals surface area contributed by atoms with Crippen molar-refractivity contribution in [1.29, 1.82) is 5.26 Å². The van der Waals surface area contributed by atoms with Crippen molar-refractivity contribution >= 4 is 23.2 Å². The van der Waals surface area contributed by atoms with Crippen molar-refractivity contribution in [3.05, 3.63) is 62.9 Å². The SMILES string of the molecule is N#Cc1ccc(O[C@H]2c3cc(Cl)cc(Cl)c3C[C@@H]2N2CCCCC2)c(F)c1. The van der Waals surface area contributed by atoms with Gasteiger partial charge in [0.25, 0.3) is 0 Å². The van der Waals surface area contributed by atoms with Crippen LogP contribution in [0.25, 0.3) is 0 Å². The number of rotatable bonds is 3. The Kier molecular flexibility index (Phi) is 5.27. The molecule has 1 heterocycles. The number of benzene rings is 2. The van der Waals surface area contributed by atoms with Gasteiger partial charge in [0.05, 0.1) is 17.7 Å². The summed E-state index contributed by atoms with van der Waals surface area (Å²) < 4.78 is 20.6. The average Bonchev–Trinajstić information content (AvgIpc) is 3.03. The highest BCUT2D eigenvalue weighted by molar-refractivity contribution is 6.35. The fraction of sp³-hybridized carbons (Fsp3) is 0.381. The molecule has 2 aromatic carbocycles. The van der Waals surface area contributed by atoms with Crippen LogP contribution in [-0.2, 0) is 6.42 Å². The summed E-state index contributed by atoms with van der Waals surface area (Å²) in [7, 11) is 0. The standard InChI is InChI=1S/C21H19Cl2FN2O/c22-14-9-16-15(17(23)10-14)11-19(26-6-2-1-3-7-26)21(16)27-20-5-4-13(12-25)8-18(20)24/h4-5,8-10,19,21H,1-3,6-7,11H2/t19-,21-/m0/s1. The molecule has 140 valence electrons. The molecule has 0 bridgehead atoms. The number of hydrogen-bond donors (Lipinski definition) is 0. The van der Waals surface area contributed by atoms with E-state index in [0.29, 0.717) is 10.0 Å². The smallest absolute Gasteiger partial charge is 0.166 e. The molecule has 0 unspecified atom stereocenters. The van der Waals surface area contributed by atoms with Crippen LogP contribution in [0.2, 0.25) is 10.0 Å². The van der Waals surface area contributed by atoms with Crippen LogP contribution in [0.5, 0.6) is 5.75 Å². The Labute approximate surface area is 168 Å². The van der Waals surface area contributed by atoms with Gasteiger partial charge in [-0.05, 0) is 68.2 Å². The van der Waals surface area contributed by atoms with Crippen LogP contribution in [0.15, 0.2) is 30.3 Å². The van der Waals surface area contributed by atoms with Gasteiger partial charge in [-0.25, -0.2) is 4.39 Å². The molecule has 0 amide bonds. The lowest BCUT2D eigenvalue weighted by atomic mass is 10.0. The van der Waals surface area contributed by atoms with E-state index < -0.39 is 5.82 Å². The van der Waals surface area contributed by atoms with E-state index in [4.69, 9.17) is 33.2 Å². The van der Waals surface area contributed by atoms with Gasteiger partial charge in [-0.15, -0.1) is 0 Å². The molecule has 4 rings (SSSR count). The predicted molar refractivity (Wildman–Crippen MR) is 104 cm³/mol. The molecule has 2 aromatic rings. The van der Waals surface area contributed by atoms with Crippen LogP contribution in [0.4, 0.5) is 4.39 Å². The Morgan fingerprint density at radius 3 is 2.59 bits per heavy atom. The summed E-state index contributed by atoms with van der Waals surface area (Å²) in [5, 5.41) is 10.1. The second kappa shape index (κ2) is 7.67. The fourth-order valence-corrected chi connectivity index (χ4v) is 4.72. The summed E-state index contributed by atoms with van der Waals surface area (Å²) in [5.74, 6) is -0.391. The number of hydrogen-bond acceptors (Lipinski definition) is 3. The number of ether oxygens (including phenoxy) is 1. The maximum absolute atomic E-state index is 14.5. The van der Waals surface area contributed by atoms with E-state index in [2.05, 4.69) is 4.90 Å². The molecule has 2 aliphatic rings. The van der Waals surface area contributed by atoms with Crippen LogP contribution in [0, 0.1) is 17.1 Å². The van der Waals surface area contributed by atoms with E-state index in [1.165, 1.54) is 18.6 Å². The molecule has 6 heteroatoms. The van der Waals surface area contributed by atoms with Gasteiger partial charge in [-0.1, -0.05) is 29.6 Å². The average molecular weight is 405 g/mol. The molecule has 0 saturated carbocycles. The normalized spacial score (nSPS) is 22.3. The van der Waals surface area contributed by atoms with Crippen LogP contribution >= 0.6 is 23.2 Å². The number of fused-ring (bicyclic) bond motifs is 1. The molecule has 1 fully saturated rings. The lowest BCUT2D eigenvalue weighted by molar-refractivity contribution is 0.0624. The van der Waals surface area contributed by atoms with Gasteiger partial charge in [0.2, 0.25) is 0 Å². The Balaban J connectivity index is 1.71. The monoisotopic (exact) mass is 404 g/mol. The predicted octanol–water partition coefficient (Wildman–Crippen LogP) is 5.53. The summed E-state index contributed by atoms with van der Waals surface area (Å²) in [5.41, 5.74) is 2.22. The molecule has 3 nitrogen and oxygen atoms in total. The van der Waals surface area contributed by atoms with E-state index >= 15 is 0 Å². The number of likely N-dealkylation sites (tertiary alicyclic amines) is 1. The lowest BCUT2D eigenvalue weighted by Gasteiger charge is -2.35. The zero-order valence-corrected chi connectivity index (χ0v) is 16.2. The molecular formula is C21H19Cl2FN2O. The van der Waals surface area contributed by atoms with Gasteiger partial charge in [-0.2, -0.15) is 5.26 Å². The Morgan fingerprint density at radius 2 is 1.89 bits per heavy atom. The summed E-state index contributed by atoms with van der Waals surface area (Å²) >= 11 is 12.7. The van der Waals surface area contributed by atoms with E-state index in [1.807, 2.05) is 12.1 Å². The fourth-order valence-electron chi connectivity index (χ4n) is 4.13. The van der Waals surface area contributed by atoms with Crippen molar-refractivity contribution in [3.63, 3.8) is 0 Å². The third-order valence-electron chi connectivity index (χ3n) is 5.44. The first-order valence-electron chi connectivity index (χ1n) is 9.15. The van der Waals surface area contributed by atoms with Crippen LogP contribution in [-0.4, -0.2) is 24.0 Å². The molecule has 0 aromatic heterocycles. The summed E-state index contributed by atoms with van der Waals surface area (Å²) in [4.78, 5) is 2.42. The number of halogens is 3. The first-order chi connectivity index (χ1) is 13.1. The third-order valence-corrected chi connectivity index (χ3v) is 5.99. The minimum atomic E-state index is -0.534. The highest BCUT2D eigenvalue weighted by Crippen LogP contribution is 2.43. The van der Waals surface area contributed by atoms with E-state index in [1.54, 1.807) is 12.1 Å². The molecule has 1 aliphatic carbocycles. The maximum atomic E-state index is 14.5. The molecule has 2 atom stereocenters. The number of nitriles is 1. The first-order valence-corrected chi connectivity index (χ1v) is 9.90. The van der Waals surface area contributed by atoms with Crippen molar-refractivity contribution in [3.8, 4) is 11.8 Å². The van der Waals surface area contributed by atoms with Crippen molar-refractivity contribution in [2.45, 2.75) is 37.8 Å². The zero-order chi connectivity index (χ0) is 19.0. The highest BCUT2D eigenvalue weighted by atomic mass is 35.5. The summed E-state index contributed by atoms with van der Waals surface area (Å²) in [6.07, 6.45) is 3.95. The van der Waals surface area contributed by atoms with Gasteiger partial charge in [-0.3, -0.25) is 4.90 Å². The van der Waals surface area contributed by atoms with Crippen LogP contribution in [0.1, 0.15) is 42.1 Å². The largest absolute Gasteiger partial charge is 0.481 e. The first kappa shape index (κ1) is 18.6. The molecule has 27 heavy (non-hydrogen) atoms. The van der Waals surface area contributed by atoms with Crippen molar-refractivity contribution in [2.75, 3.05) is 13.1 Å². The van der Waals surface area contributed by atoms with Crippen molar-refractivity contribution in [2.24, 2.45) is 0 Å². The summed E-state index contributed by atoms with van der Waals surface area (Å²) in [6, 6.07) is 9.94. The van der Waals surface area contributed by atoms with E-state index in [0.717, 1.165) is 43.5 Å². The van der Waals surface area contributed by atoms with Crippen molar-refractivity contribution < 1.29 is 9.13 Å². The third kappa shape index (κ3) is 3.65. The topological polar surface area (TPSA) is 36.3 Å². The van der Waals surface area contributed by atoms with Gasteiger partial charge in [0.15, 0.2) is 11.6 Å². The van der Waals surface area contributed by atoms with Gasteiger partial charge >= 0.3 is 0 Å². The quantitative estimate of drug-likeness (QED) is 0.673. The molecule has 0 radical (unpaired) electrons. The van der Waals surface area contributed by atoms with E-state index in [9.17, 15) is 4.39 Å². The maximum Gasteiger partial charge on any atom is 0.166 e. The second-order valence-electron chi connectivity index (χ2n) is 7.12. The minimum absolute atomic E-state index is 0.0892. The number of nitrogens with zero attached hydrogens (tertiary/aromatic N) is 2. The summed E-state index contributed by atoms with van der Waals surface area (Å²) in [6.45, 7) is 2.00. The van der Waals surface area contributed by atoms with Gasteiger partial charge in [0, 0.05) is 15.6 Å². The molecular weight excluding hydrogens is 386 g/mol. The van der Waals surface area contributed by atoms with Gasteiger partial charge < -0.3 is 4.74 Å². The highest BCUT2D eigenvalue weighted by Gasteiger charge is 2.40. The molecule has 0 spiro atoms. The van der Waals surface area contributed by atoms with Crippen LogP contribution < -0.4 is 4.74 Å². The van der Waals surface area contributed by atoms with Crippen LogP contribution in [0.3, 0.4) is 0 Å². The molecule has 1 aliphatic heterocycles. The second-order valence-corrected chi connectivity index (χ2v) is 7.96. The van der Waals surface area contributed by atoms with Gasteiger partial charge in [0.1, 0.15) is 6.10 Å². The lowest BCUT2D eigenvalue weighted by Crippen LogP contribution is -2.43. The molecule has 0 N–H and O–H groups in total. The number of piperidine rings is 1.